The van der Waals surface area contributed by atoms with Gasteiger partial charge in [0, 0.05) is 13.6 Å². The van der Waals surface area contributed by atoms with E-state index >= 15 is 0 Å². The van der Waals surface area contributed by atoms with E-state index in [0.717, 1.165) is 0 Å². The van der Waals surface area contributed by atoms with Crippen molar-refractivity contribution in [1.29, 1.82) is 0 Å². The minimum Gasteiger partial charge on any atom is -0.481 e. The van der Waals surface area contributed by atoms with Crippen LogP contribution in [0.3, 0.4) is 0 Å². The first kappa shape index (κ1) is 14.2. The van der Waals surface area contributed by atoms with Crippen molar-refractivity contribution in [2.24, 2.45) is 5.92 Å². The standard InChI is InChI=1S/C13H16FNO3/c1-9(13(17)18)12(16)15(2)8-7-10-5-3-4-6-11(10)14/h3-6,9H,7-8H2,1-2H3,(H,17,18). The average molecular weight is 253 g/mol. The molecule has 0 heterocycles. The van der Waals surface area contributed by atoms with Crippen molar-refractivity contribution < 1.29 is 19.1 Å². The Morgan fingerprint density at radius 1 is 1.39 bits per heavy atom. The molecule has 0 radical (unpaired) electrons. The summed E-state index contributed by atoms with van der Waals surface area (Å²) in [6.07, 6.45) is 0.362. The highest BCUT2D eigenvalue weighted by atomic mass is 19.1. The van der Waals surface area contributed by atoms with E-state index in [9.17, 15) is 14.0 Å². The topological polar surface area (TPSA) is 57.6 Å². The summed E-state index contributed by atoms with van der Waals surface area (Å²) in [4.78, 5) is 23.6. The summed E-state index contributed by atoms with van der Waals surface area (Å²) in [5, 5.41) is 8.72. The molecule has 1 aromatic carbocycles. The number of halogens is 1. The van der Waals surface area contributed by atoms with Gasteiger partial charge in [0.2, 0.25) is 5.91 Å². The molecule has 5 heteroatoms. The zero-order valence-electron chi connectivity index (χ0n) is 10.4. The molecule has 1 amide bonds. The smallest absolute Gasteiger partial charge is 0.315 e. The predicted molar refractivity (Wildman–Crippen MR) is 64.5 cm³/mol. The molecular formula is C13H16FNO3. The number of carboxylic acid groups (broad SMARTS) is 1. The van der Waals surface area contributed by atoms with E-state index in [0.29, 0.717) is 12.0 Å². The maximum atomic E-state index is 13.3. The fourth-order valence-electron chi connectivity index (χ4n) is 1.54. The Morgan fingerprint density at radius 3 is 2.56 bits per heavy atom. The molecule has 0 fully saturated rings. The van der Waals surface area contributed by atoms with Crippen molar-refractivity contribution in [3.05, 3.63) is 35.6 Å². The lowest BCUT2D eigenvalue weighted by atomic mass is 10.1. The summed E-state index contributed by atoms with van der Waals surface area (Å²) in [5.74, 6) is -3.02. The maximum absolute atomic E-state index is 13.3. The van der Waals surface area contributed by atoms with Gasteiger partial charge < -0.3 is 10.0 Å². The first-order valence-corrected chi connectivity index (χ1v) is 5.64. The molecule has 0 aromatic heterocycles. The highest BCUT2D eigenvalue weighted by Gasteiger charge is 2.23. The minimum atomic E-state index is -1.15. The summed E-state index contributed by atoms with van der Waals surface area (Å²) >= 11 is 0. The number of benzene rings is 1. The van der Waals surface area contributed by atoms with Crippen LogP contribution in [0.2, 0.25) is 0 Å². The average Bonchev–Trinajstić information content (AvgIpc) is 2.35. The van der Waals surface area contributed by atoms with Gasteiger partial charge in [-0.05, 0) is 25.0 Å². The van der Waals surface area contributed by atoms with Gasteiger partial charge in [-0.25, -0.2) is 4.39 Å². The number of nitrogens with zero attached hydrogens (tertiary/aromatic N) is 1. The molecule has 18 heavy (non-hydrogen) atoms. The molecule has 1 N–H and O–H groups in total. The fourth-order valence-corrected chi connectivity index (χ4v) is 1.54. The summed E-state index contributed by atoms with van der Waals surface area (Å²) in [7, 11) is 1.52. The number of carboxylic acids is 1. The van der Waals surface area contributed by atoms with Crippen molar-refractivity contribution in [2.45, 2.75) is 13.3 Å². The van der Waals surface area contributed by atoms with E-state index in [2.05, 4.69) is 0 Å². The van der Waals surface area contributed by atoms with E-state index in [1.54, 1.807) is 18.2 Å². The molecule has 0 spiro atoms. The van der Waals surface area contributed by atoms with Gasteiger partial charge in [-0.1, -0.05) is 18.2 Å². The Bertz CT molecular complexity index is 448. The normalized spacial score (nSPS) is 11.9. The molecule has 1 rings (SSSR count). The number of amides is 1. The van der Waals surface area contributed by atoms with Crippen molar-refractivity contribution >= 4 is 11.9 Å². The van der Waals surface area contributed by atoms with Crippen LogP contribution in [0.25, 0.3) is 0 Å². The van der Waals surface area contributed by atoms with E-state index in [1.807, 2.05) is 0 Å². The number of aliphatic carboxylic acids is 1. The Hall–Kier alpha value is -1.91. The van der Waals surface area contributed by atoms with Crippen molar-refractivity contribution in [3.63, 3.8) is 0 Å². The molecule has 0 bridgehead atoms. The van der Waals surface area contributed by atoms with Gasteiger partial charge in [-0.15, -0.1) is 0 Å². The largest absolute Gasteiger partial charge is 0.481 e. The number of carbonyl (C=O) groups excluding carboxylic acids is 1. The lowest BCUT2D eigenvalue weighted by Gasteiger charge is -2.19. The van der Waals surface area contributed by atoms with Crippen LogP contribution in [0.1, 0.15) is 12.5 Å². The summed E-state index contributed by atoms with van der Waals surface area (Å²) < 4.78 is 13.3. The van der Waals surface area contributed by atoms with Gasteiger partial charge in [0.05, 0.1) is 0 Å². The molecule has 1 unspecified atom stereocenters. The SMILES string of the molecule is CC(C(=O)O)C(=O)N(C)CCc1ccccc1F. The summed E-state index contributed by atoms with van der Waals surface area (Å²) in [6, 6.07) is 6.33. The molecule has 0 saturated heterocycles. The van der Waals surface area contributed by atoms with E-state index in [4.69, 9.17) is 5.11 Å². The van der Waals surface area contributed by atoms with Crippen molar-refractivity contribution in [2.75, 3.05) is 13.6 Å². The predicted octanol–water partition coefficient (Wildman–Crippen LogP) is 1.55. The quantitative estimate of drug-likeness (QED) is 0.810. The molecule has 0 saturated carbocycles. The van der Waals surface area contributed by atoms with E-state index < -0.39 is 17.8 Å². The van der Waals surface area contributed by atoms with Gasteiger partial charge in [0.25, 0.3) is 0 Å². The highest BCUT2D eigenvalue weighted by Crippen LogP contribution is 2.08. The zero-order chi connectivity index (χ0) is 13.7. The van der Waals surface area contributed by atoms with Gasteiger partial charge in [-0.2, -0.15) is 0 Å². The van der Waals surface area contributed by atoms with Crippen LogP contribution < -0.4 is 0 Å². The fraction of sp³-hybridized carbons (Fsp3) is 0.385. The molecular weight excluding hydrogens is 237 g/mol. The van der Waals surface area contributed by atoms with Gasteiger partial charge in [0.15, 0.2) is 0 Å². The molecule has 98 valence electrons. The van der Waals surface area contributed by atoms with Crippen LogP contribution in [-0.4, -0.2) is 35.5 Å². The van der Waals surface area contributed by atoms with E-state index in [-0.39, 0.29) is 12.4 Å². The monoisotopic (exact) mass is 253 g/mol. The number of likely N-dealkylation sites (N-methyl/N-ethyl adjacent to an activating group) is 1. The van der Waals surface area contributed by atoms with Crippen molar-refractivity contribution in [1.82, 2.24) is 4.90 Å². The number of hydrogen-bond acceptors (Lipinski definition) is 2. The lowest BCUT2D eigenvalue weighted by Crippen LogP contribution is -2.36. The zero-order valence-corrected chi connectivity index (χ0v) is 10.4. The third-order valence-electron chi connectivity index (χ3n) is 2.79. The van der Waals surface area contributed by atoms with Crippen molar-refractivity contribution in [3.8, 4) is 0 Å². The lowest BCUT2D eigenvalue weighted by molar-refractivity contribution is -0.149. The Labute approximate surface area is 105 Å². The molecule has 0 aliphatic rings. The highest BCUT2D eigenvalue weighted by molar-refractivity contribution is 5.96. The molecule has 4 nitrogen and oxygen atoms in total. The Balaban J connectivity index is 2.56. The van der Waals surface area contributed by atoms with Crippen LogP contribution in [0.4, 0.5) is 4.39 Å². The van der Waals surface area contributed by atoms with Crippen LogP contribution in [0, 0.1) is 11.7 Å². The molecule has 1 aromatic rings. The van der Waals surface area contributed by atoms with Crippen LogP contribution in [-0.2, 0) is 16.0 Å². The Morgan fingerprint density at radius 2 is 2.00 bits per heavy atom. The molecule has 0 aliphatic heterocycles. The first-order valence-electron chi connectivity index (χ1n) is 5.64. The second-order valence-electron chi connectivity index (χ2n) is 4.16. The van der Waals surface area contributed by atoms with Crippen LogP contribution in [0.5, 0.6) is 0 Å². The third kappa shape index (κ3) is 3.55. The summed E-state index contributed by atoms with van der Waals surface area (Å²) in [6.45, 7) is 1.63. The van der Waals surface area contributed by atoms with E-state index in [1.165, 1.54) is 24.9 Å². The number of hydrogen-bond donors (Lipinski definition) is 1. The van der Waals surface area contributed by atoms with Gasteiger partial charge >= 0.3 is 5.97 Å². The number of rotatable bonds is 5. The number of carbonyl (C=O) groups is 2. The Kier molecular flexibility index (Phi) is 4.83. The van der Waals surface area contributed by atoms with Gasteiger partial charge in [-0.3, -0.25) is 9.59 Å². The van der Waals surface area contributed by atoms with Gasteiger partial charge in [0.1, 0.15) is 11.7 Å². The molecule has 1 atom stereocenters. The van der Waals surface area contributed by atoms with Crippen LogP contribution in [0.15, 0.2) is 24.3 Å². The summed E-state index contributed by atoms with van der Waals surface area (Å²) in [5.41, 5.74) is 0.514. The second-order valence-corrected chi connectivity index (χ2v) is 4.16. The minimum absolute atomic E-state index is 0.289. The third-order valence-corrected chi connectivity index (χ3v) is 2.79. The second kappa shape index (κ2) is 6.14. The van der Waals surface area contributed by atoms with Crippen LogP contribution >= 0.6 is 0 Å². The molecule has 0 aliphatic carbocycles. The maximum Gasteiger partial charge on any atom is 0.315 e. The first-order chi connectivity index (χ1) is 8.43.